The molecule has 0 radical (unpaired) electrons. The molecule has 10 heteroatoms. The second kappa shape index (κ2) is 9.14. The number of anilines is 2. The molecule has 0 atom stereocenters. The Morgan fingerprint density at radius 3 is 2.70 bits per heavy atom. The molecular weight excluding hydrogens is 423 g/mol. The molecule has 0 aliphatic heterocycles. The minimum Gasteiger partial charge on any atom is -0.370 e. The highest BCUT2D eigenvalue weighted by atomic mass is 32.2. The molecule has 2 aromatic carbocycles. The van der Waals surface area contributed by atoms with Crippen LogP contribution >= 0.6 is 23.1 Å². The Hall–Kier alpha value is -3.11. The first-order chi connectivity index (χ1) is 14.6. The number of carbonyl (C=O) groups excluding carboxylic acids is 1. The Kier molecular flexibility index (Phi) is 6.15. The van der Waals surface area contributed by atoms with E-state index in [2.05, 4.69) is 30.8 Å². The van der Waals surface area contributed by atoms with Gasteiger partial charge in [0.25, 0.3) is 5.91 Å². The molecule has 0 fully saturated rings. The molecule has 4 rings (SSSR count). The number of amides is 1. The summed E-state index contributed by atoms with van der Waals surface area (Å²) in [5.41, 5.74) is 1.36. The normalized spacial score (nSPS) is 10.9. The first-order valence-electron chi connectivity index (χ1n) is 9.15. The van der Waals surface area contributed by atoms with Crippen LogP contribution in [0.2, 0.25) is 0 Å². The van der Waals surface area contributed by atoms with Crippen molar-refractivity contribution >= 4 is 51.4 Å². The number of aromatic nitrogens is 4. The van der Waals surface area contributed by atoms with E-state index in [1.54, 1.807) is 0 Å². The maximum atomic E-state index is 13.0. The number of rotatable bonds is 7. The lowest BCUT2D eigenvalue weighted by molar-refractivity contribution is 0.102. The third-order valence-corrected chi connectivity index (χ3v) is 5.98. The summed E-state index contributed by atoms with van der Waals surface area (Å²) in [6, 6.07) is 13.4. The summed E-state index contributed by atoms with van der Waals surface area (Å²) in [5, 5.41) is 16.5. The second-order valence-electron chi connectivity index (χ2n) is 6.15. The minimum atomic E-state index is -0.383. The zero-order valence-electron chi connectivity index (χ0n) is 15.9. The Labute approximate surface area is 180 Å². The summed E-state index contributed by atoms with van der Waals surface area (Å²) in [6.45, 7) is 2.78. The number of nitrogens with one attached hydrogen (secondary N) is 2. The van der Waals surface area contributed by atoms with Gasteiger partial charge in [0.15, 0.2) is 5.16 Å². The first kappa shape index (κ1) is 20.2. The van der Waals surface area contributed by atoms with Gasteiger partial charge in [0, 0.05) is 17.6 Å². The SMILES string of the molecule is CCNc1nc(SCc2nnc(C(=O)Nc3ccc(F)cc3)s2)nc2ccccc12. The average molecular weight is 441 g/mol. The number of fused-ring (bicyclic) bond motifs is 1. The standard InChI is InChI=1S/C20H17FN6OS2/c1-2-22-17-14-5-3-4-6-15(14)24-20(25-17)29-11-16-26-27-19(30-16)18(28)23-13-9-7-12(21)8-10-13/h3-10H,2,11H2,1H3,(H,23,28)(H,22,24,25). The molecule has 2 aromatic heterocycles. The summed E-state index contributed by atoms with van der Waals surface area (Å²) >= 11 is 2.63. The van der Waals surface area contributed by atoms with Crippen molar-refractivity contribution in [2.75, 3.05) is 17.2 Å². The van der Waals surface area contributed by atoms with E-state index in [-0.39, 0.29) is 16.7 Å². The van der Waals surface area contributed by atoms with E-state index in [0.717, 1.165) is 23.3 Å². The topological polar surface area (TPSA) is 92.7 Å². The van der Waals surface area contributed by atoms with Crippen LogP contribution in [0.1, 0.15) is 21.7 Å². The van der Waals surface area contributed by atoms with E-state index in [4.69, 9.17) is 0 Å². The van der Waals surface area contributed by atoms with Crippen LogP contribution in [0.15, 0.2) is 53.7 Å². The highest BCUT2D eigenvalue weighted by Gasteiger charge is 2.14. The molecular formula is C20H17FN6OS2. The summed E-state index contributed by atoms with van der Waals surface area (Å²) in [4.78, 5) is 21.5. The lowest BCUT2D eigenvalue weighted by atomic mass is 10.2. The van der Waals surface area contributed by atoms with Crippen LogP contribution in [0.25, 0.3) is 10.9 Å². The lowest BCUT2D eigenvalue weighted by Gasteiger charge is -2.08. The van der Waals surface area contributed by atoms with Crippen LogP contribution in [0.5, 0.6) is 0 Å². The smallest absolute Gasteiger partial charge is 0.286 e. The molecule has 0 bridgehead atoms. The maximum absolute atomic E-state index is 13.0. The summed E-state index contributed by atoms with van der Waals surface area (Å²) in [6.07, 6.45) is 0. The molecule has 0 aliphatic rings. The number of hydrogen-bond donors (Lipinski definition) is 2. The molecule has 0 spiro atoms. The fourth-order valence-electron chi connectivity index (χ4n) is 2.67. The van der Waals surface area contributed by atoms with Gasteiger partial charge in [-0.15, -0.1) is 10.2 Å². The molecule has 1 amide bonds. The minimum absolute atomic E-state index is 0.239. The van der Waals surface area contributed by atoms with Crippen molar-refractivity contribution in [3.63, 3.8) is 0 Å². The average Bonchev–Trinajstić information content (AvgIpc) is 3.23. The van der Waals surface area contributed by atoms with Crippen LogP contribution in [0, 0.1) is 5.82 Å². The van der Waals surface area contributed by atoms with Crippen molar-refractivity contribution in [2.24, 2.45) is 0 Å². The second-order valence-corrected chi connectivity index (χ2v) is 8.16. The fraction of sp³-hybridized carbons (Fsp3) is 0.150. The summed E-state index contributed by atoms with van der Waals surface area (Å²) in [7, 11) is 0. The van der Waals surface area contributed by atoms with E-state index in [9.17, 15) is 9.18 Å². The van der Waals surface area contributed by atoms with Gasteiger partial charge >= 0.3 is 0 Å². The van der Waals surface area contributed by atoms with E-state index in [1.165, 1.54) is 47.4 Å². The number of para-hydroxylation sites is 1. The predicted octanol–water partition coefficient (Wildman–Crippen LogP) is 4.60. The molecule has 2 N–H and O–H groups in total. The van der Waals surface area contributed by atoms with Crippen LogP contribution in [-0.4, -0.2) is 32.6 Å². The van der Waals surface area contributed by atoms with Crippen molar-refractivity contribution in [1.82, 2.24) is 20.2 Å². The Bertz CT molecular complexity index is 1180. The van der Waals surface area contributed by atoms with Gasteiger partial charge in [-0.25, -0.2) is 14.4 Å². The fourth-order valence-corrected chi connectivity index (χ4v) is 4.24. The third kappa shape index (κ3) is 4.71. The number of benzene rings is 2. The van der Waals surface area contributed by atoms with Crippen molar-refractivity contribution < 1.29 is 9.18 Å². The van der Waals surface area contributed by atoms with Gasteiger partial charge in [0.1, 0.15) is 16.6 Å². The molecule has 0 unspecified atom stereocenters. The van der Waals surface area contributed by atoms with Crippen LogP contribution in [0.4, 0.5) is 15.9 Å². The quantitative estimate of drug-likeness (QED) is 0.320. The van der Waals surface area contributed by atoms with Crippen molar-refractivity contribution in [2.45, 2.75) is 17.8 Å². The van der Waals surface area contributed by atoms with Crippen molar-refractivity contribution in [3.8, 4) is 0 Å². The largest absolute Gasteiger partial charge is 0.370 e. The highest BCUT2D eigenvalue weighted by Crippen LogP contribution is 2.27. The van der Waals surface area contributed by atoms with Gasteiger partial charge in [-0.2, -0.15) is 0 Å². The Morgan fingerprint density at radius 2 is 1.90 bits per heavy atom. The molecule has 30 heavy (non-hydrogen) atoms. The zero-order chi connectivity index (χ0) is 20.9. The molecule has 0 saturated heterocycles. The molecule has 2 heterocycles. The van der Waals surface area contributed by atoms with Crippen LogP contribution in [-0.2, 0) is 5.75 Å². The number of thioether (sulfide) groups is 1. The Balaban J connectivity index is 1.44. The van der Waals surface area contributed by atoms with Crippen molar-refractivity contribution in [1.29, 1.82) is 0 Å². The van der Waals surface area contributed by atoms with Gasteiger partial charge in [0.2, 0.25) is 5.01 Å². The molecule has 0 saturated carbocycles. The van der Waals surface area contributed by atoms with E-state index in [1.807, 2.05) is 31.2 Å². The summed E-state index contributed by atoms with van der Waals surface area (Å²) in [5.74, 6) is 0.538. The molecule has 7 nitrogen and oxygen atoms in total. The lowest BCUT2D eigenvalue weighted by Crippen LogP contribution is -2.11. The first-order valence-corrected chi connectivity index (χ1v) is 11.0. The highest BCUT2D eigenvalue weighted by molar-refractivity contribution is 7.98. The van der Waals surface area contributed by atoms with E-state index >= 15 is 0 Å². The molecule has 0 aliphatic carbocycles. The number of carbonyl (C=O) groups is 1. The molecule has 4 aromatic rings. The van der Waals surface area contributed by atoms with Crippen LogP contribution in [0.3, 0.4) is 0 Å². The third-order valence-electron chi connectivity index (χ3n) is 4.01. The monoisotopic (exact) mass is 440 g/mol. The zero-order valence-corrected chi connectivity index (χ0v) is 17.6. The predicted molar refractivity (Wildman–Crippen MR) is 118 cm³/mol. The number of hydrogen-bond acceptors (Lipinski definition) is 8. The van der Waals surface area contributed by atoms with E-state index in [0.29, 0.717) is 21.6 Å². The summed E-state index contributed by atoms with van der Waals surface area (Å²) < 4.78 is 13.0. The number of nitrogens with zero attached hydrogens (tertiary/aromatic N) is 4. The molecule has 152 valence electrons. The number of halogens is 1. The van der Waals surface area contributed by atoms with Gasteiger partial charge in [-0.1, -0.05) is 35.2 Å². The van der Waals surface area contributed by atoms with Crippen LogP contribution < -0.4 is 10.6 Å². The van der Waals surface area contributed by atoms with E-state index < -0.39 is 0 Å². The van der Waals surface area contributed by atoms with Gasteiger partial charge in [-0.05, 0) is 43.3 Å². The maximum Gasteiger partial charge on any atom is 0.286 e. The van der Waals surface area contributed by atoms with Gasteiger partial charge < -0.3 is 10.6 Å². The van der Waals surface area contributed by atoms with Gasteiger partial charge in [-0.3, -0.25) is 4.79 Å². The van der Waals surface area contributed by atoms with Gasteiger partial charge in [0.05, 0.1) is 11.3 Å². The Morgan fingerprint density at radius 1 is 1.10 bits per heavy atom. The van der Waals surface area contributed by atoms with Crippen molar-refractivity contribution in [3.05, 3.63) is 64.4 Å².